The minimum atomic E-state index is -0.762. The number of rotatable bonds is 6. The number of hydrogen-bond acceptors (Lipinski definition) is 6. The highest BCUT2D eigenvalue weighted by atomic mass is 16.6. The Morgan fingerprint density at radius 3 is 2.51 bits per heavy atom. The van der Waals surface area contributed by atoms with Crippen molar-refractivity contribution in [1.29, 1.82) is 0 Å². The Labute approximate surface area is 203 Å². The molecule has 35 heavy (non-hydrogen) atoms. The maximum atomic E-state index is 13.3. The third-order valence-corrected chi connectivity index (χ3v) is 6.25. The number of aliphatic hydroxyl groups excluding tert-OH is 1. The Morgan fingerprint density at radius 1 is 0.971 bits per heavy atom. The molecule has 1 saturated heterocycles. The lowest BCUT2D eigenvalue weighted by molar-refractivity contribution is -0.139. The van der Waals surface area contributed by atoms with E-state index in [9.17, 15) is 14.7 Å². The normalized spacial score (nSPS) is 18.5. The van der Waals surface area contributed by atoms with Gasteiger partial charge in [-0.15, -0.1) is 0 Å². The Bertz CT molecular complexity index is 1300. The fraction of sp³-hybridized carbons (Fsp3) is 0.214. The van der Waals surface area contributed by atoms with Crippen LogP contribution in [0.15, 0.2) is 78.4 Å². The van der Waals surface area contributed by atoms with Gasteiger partial charge in [-0.25, -0.2) is 0 Å². The van der Waals surface area contributed by atoms with Gasteiger partial charge in [0.05, 0.1) is 18.7 Å². The van der Waals surface area contributed by atoms with Crippen LogP contribution in [-0.2, 0) is 16.0 Å². The van der Waals surface area contributed by atoms with E-state index in [0.29, 0.717) is 54.6 Å². The summed E-state index contributed by atoms with van der Waals surface area (Å²) in [6.07, 6.45) is 0.568. The van der Waals surface area contributed by atoms with Gasteiger partial charge in [-0.2, -0.15) is 0 Å². The number of nitrogens with zero attached hydrogens (tertiary/aromatic N) is 1. The molecule has 0 bridgehead atoms. The summed E-state index contributed by atoms with van der Waals surface area (Å²) in [5.74, 6) is 0.0222. The topological polar surface area (TPSA) is 85.3 Å². The predicted octanol–water partition coefficient (Wildman–Crippen LogP) is 4.13. The van der Waals surface area contributed by atoms with Crippen LogP contribution in [0, 0.1) is 0 Å². The molecule has 2 heterocycles. The molecule has 1 N–H and O–H groups in total. The number of amides is 1. The Kier molecular flexibility index (Phi) is 6.14. The molecule has 0 radical (unpaired) electrons. The second-order valence-electron chi connectivity index (χ2n) is 8.36. The number of likely N-dealkylation sites (tertiary alicyclic amines) is 1. The number of benzene rings is 3. The molecular formula is C28H25NO6. The highest BCUT2D eigenvalue weighted by molar-refractivity contribution is 6.46. The van der Waals surface area contributed by atoms with Gasteiger partial charge >= 0.3 is 0 Å². The smallest absolute Gasteiger partial charge is 0.295 e. The molecular weight excluding hydrogens is 446 g/mol. The average Bonchev–Trinajstić information content (AvgIpc) is 3.16. The summed E-state index contributed by atoms with van der Waals surface area (Å²) in [5, 5.41) is 11.3. The Morgan fingerprint density at radius 2 is 1.74 bits per heavy atom. The molecule has 2 aliphatic rings. The third-order valence-electron chi connectivity index (χ3n) is 6.25. The summed E-state index contributed by atoms with van der Waals surface area (Å²) in [7, 11) is 1.56. The molecule has 1 unspecified atom stereocenters. The number of ether oxygens (including phenoxy) is 3. The highest BCUT2D eigenvalue weighted by Gasteiger charge is 2.46. The predicted molar refractivity (Wildman–Crippen MR) is 130 cm³/mol. The van der Waals surface area contributed by atoms with Crippen molar-refractivity contribution in [3.8, 4) is 17.2 Å². The second-order valence-corrected chi connectivity index (χ2v) is 8.36. The molecule has 2 aliphatic heterocycles. The van der Waals surface area contributed by atoms with Crippen molar-refractivity contribution in [2.24, 2.45) is 0 Å². The van der Waals surface area contributed by atoms with Gasteiger partial charge in [-0.05, 0) is 47.9 Å². The van der Waals surface area contributed by atoms with Crippen molar-refractivity contribution < 1.29 is 28.9 Å². The van der Waals surface area contributed by atoms with Crippen molar-refractivity contribution in [3.05, 3.63) is 95.1 Å². The number of ketones is 1. The molecule has 5 rings (SSSR count). The summed E-state index contributed by atoms with van der Waals surface area (Å²) in [5.41, 5.74) is 2.14. The minimum Gasteiger partial charge on any atom is -0.507 e. The molecule has 0 saturated carbocycles. The van der Waals surface area contributed by atoms with E-state index in [1.165, 1.54) is 4.90 Å². The number of methoxy groups -OCH3 is 1. The van der Waals surface area contributed by atoms with Crippen LogP contribution in [0.4, 0.5) is 0 Å². The van der Waals surface area contributed by atoms with Gasteiger partial charge in [-0.3, -0.25) is 9.59 Å². The van der Waals surface area contributed by atoms with Crippen LogP contribution in [0.3, 0.4) is 0 Å². The number of carbonyl (C=O) groups is 2. The number of fused-ring (bicyclic) bond motifs is 1. The van der Waals surface area contributed by atoms with Gasteiger partial charge in [-0.1, -0.05) is 42.5 Å². The number of Topliss-reactive ketones (excluding diaryl/α,β-unsaturated/α-hetero) is 1. The number of aliphatic hydroxyl groups is 1. The van der Waals surface area contributed by atoms with E-state index in [0.717, 1.165) is 5.56 Å². The lowest BCUT2D eigenvalue weighted by Gasteiger charge is -2.26. The summed E-state index contributed by atoms with van der Waals surface area (Å²) in [6, 6.07) is 21.2. The second kappa shape index (κ2) is 9.54. The zero-order chi connectivity index (χ0) is 24.4. The molecule has 178 valence electrons. The molecule has 0 aliphatic carbocycles. The molecule has 1 atom stereocenters. The largest absolute Gasteiger partial charge is 0.507 e. The molecule has 7 nitrogen and oxygen atoms in total. The summed E-state index contributed by atoms with van der Waals surface area (Å²) in [4.78, 5) is 28.0. The monoisotopic (exact) mass is 471 g/mol. The maximum absolute atomic E-state index is 13.3. The van der Waals surface area contributed by atoms with Crippen LogP contribution in [0.1, 0.15) is 22.7 Å². The van der Waals surface area contributed by atoms with Crippen molar-refractivity contribution >= 4 is 17.4 Å². The van der Waals surface area contributed by atoms with E-state index in [1.807, 2.05) is 36.4 Å². The minimum absolute atomic E-state index is 0.0352. The molecule has 3 aromatic rings. The standard InChI is InChI=1S/C28H25NO6/c1-33-21-9-5-8-19(16-21)25-24(26(30)20-10-11-22-23(17-20)35-15-14-34-22)27(31)28(32)29(25)13-12-18-6-3-2-4-7-18/h2-11,16-17,25,30H,12-15H2,1H3/b26-24+. The summed E-state index contributed by atoms with van der Waals surface area (Å²) in [6.45, 7) is 1.15. The quantitative estimate of drug-likeness (QED) is 0.331. The van der Waals surface area contributed by atoms with E-state index in [4.69, 9.17) is 14.2 Å². The van der Waals surface area contributed by atoms with Gasteiger partial charge in [0, 0.05) is 12.1 Å². The maximum Gasteiger partial charge on any atom is 0.295 e. The Balaban J connectivity index is 1.58. The van der Waals surface area contributed by atoms with Crippen LogP contribution in [0.5, 0.6) is 17.2 Å². The fourth-order valence-corrected chi connectivity index (χ4v) is 4.51. The van der Waals surface area contributed by atoms with Crippen LogP contribution >= 0.6 is 0 Å². The van der Waals surface area contributed by atoms with E-state index in [2.05, 4.69) is 0 Å². The average molecular weight is 472 g/mol. The van der Waals surface area contributed by atoms with E-state index in [-0.39, 0.29) is 11.3 Å². The molecule has 1 fully saturated rings. The van der Waals surface area contributed by atoms with Gasteiger partial charge in [0.25, 0.3) is 11.7 Å². The summed E-state index contributed by atoms with van der Waals surface area (Å²) >= 11 is 0. The van der Waals surface area contributed by atoms with Crippen LogP contribution in [0.2, 0.25) is 0 Å². The molecule has 7 heteroatoms. The van der Waals surface area contributed by atoms with Crippen molar-refractivity contribution in [2.75, 3.05) is 26.9 Å². The van der Waals surface area contributed by atoms with Crippen molar-refractivity contribution in [2.45, 2.75) is 12.5 Å². The molecule has 1 amide bonds. The van der Waals surface area contributed by atoms with E-state index >= 15 is 0 Å². The zero-order valence-corrected chi connectivity index (χ0v) is 19.3. The van der Waals surface area contributed by atoms with Crippen LogP contribution in [0.25, 0.3) is 5.76 Å². The van der Waals surface area contributed by atoms with Crippen LogP contribution in [-0.4, -0.2) is 48.6 Å². The van der Waals surface area contributed by atoms with E-state index in [1.54, 1.807) is 43.5 Å². The first kappa shape index (κ1) is 22.5. The molecule has 0 aromatic heterocycles. The SMILES string of the molecule is COc1cccc(C2/C(=C(\O)c3ccc4c(c3)OCCO4)C(=O)C(=O)N2CCc2ccccc2)c1. The fourth-order valence-electron chi connectivity index (χ4n) is 4.51. The number of hydrogen-bond donors (Lipinski definition) is 1. The zero-order valence-electron chi connectivity index (χ0n) is 19.3. The van der Waals surface area contributed by atoms with Gasteiger partial charge in [0.1, 0.15) is 24.7 Å². The van der Waals surface area contributed by atoms with Crippen molar-refractivity contribution in [1.82, 2.24) is 4.90 Å². The lowest BCUT2D eigenvalue weighted by atomic mass is 9.95. The van der Waals surface area contributed by atoms with Gasteiger partial charge in [0.2, 0.25) is 0 Å². The first-order valence-electron chi connectivity index (χ1n) is 11.4. The molecule has 3 aromatic carbocycles. The Hall–Kier alpha value is -4.26. The summed E-state index contributed by atoms with van der Waals surface area (Å²) < 4.78 is 16.6. The lowest BCUT2D eigenvalue weighted by Crippen LogP contribution is -2.31. The van der Waals surface area contributed by atoms with Crippen molar-refractivity contribution in [3.63, 3.8) is 0 Å². The first-order chi connectivity index (χ1) is 17.1. The highest BCUT2D eigenvalue weighted by Crippen LogP contribution is 2.41. The third kappa shape index (κ3) is 4.33. The van der Waals surface area contributed by atoms with Gasteiger partial charge in [0.15, 0.2) is 11.5 Å². The molecule has 0 spiro atoms. The van der Waals surface area contributed by atoms with E-state index < -0.39 is 17.7 Å². The van der Waals surface area contributed by atoms with Crippen LogP contribution < -0.4 is 14.2 Å². The first-order valence-corrected chi connectivity index (χ1v) is 11.4. The number of carbonyl (C=O) groups excluding carboxylic acids is 2. The van der Waals surface area contributed by atoms with Gasteiger partial charge < -0.3 is 24.2 Å².